The van der Waals surface area contributed by atoms with E-state index in [4.69, 9.17) is 16.0 Å². The summed E-state index contributed by atoms with van der Waals surface area (Å²) in [5.74, 6) is 2.24. The number of nitrogens with zero attached hydrogens (tertiary/aromatic N) is 1. The molecule has 112 valence electrons. The maximum absolute atomic E-state index is 11.9. The minimum absolute atomic E-state index is 0.0413. The summed E-state index contributed by atoms with van der Waals surface area (Å²) in [6.45, 7) is 2.03. The molecule has 1 aromatic heterocycles. The highest BCUT2D eigenvalue weighted by Gasteiger charge is 2.22. The van der Waals surface area contributed by atoms with Gasteiger partial charge < -0.3 is 4.42 Å². The lowest BCUT2D eigenvalue weighted by atomic mass is 10.2. The van der Waals surface area contributed by atoms with Crippen molar-refractivity contribution in [1.82, 2.24) is 0 Å². The number of hydrogen-bond acceptors (Lipinski definition) is 5. The zero-order valence-corrected chi connectivity index (χ0v) is 14.1. The summed E-state index contributed by atoms with van der Waals surface area (Å²) in [6, 6.07) is 11.1. The summed E-state index contributed by atoms with van der Waals surface area (Å²) >= 11 is 8.62. The molecule has 0 unspecified atom stereocenters. The predicted molar refractivity (Wildman–Crippen MR) is 95.3 cm³/mol. The van der Waals surface area contributed by atoms with Crippen molar-refractivity contribution >= 4 is 50.7 Å². The molecule has 2 heterocycles. The Balaban J connectivity index is 1.84. The van der Waals surface area contributed by atoms with Gasteiger partial charge in [0.15, 0.2) is 0 Å². The molecule has 1 aromatic carbocycles. The van der Waals surface area contributed by atoms with Crippen molar-refractivity contribution in [2.24, 2.45) is 4.99 Å². The van der Waals surface area contributed by atoms with E-state index in [1.807, 2.05) is 43.3 Å². The molecule has 0 fully saturated rings. The number of furan rings is 1. The van der Waals surface area contributed by atoms with Crippen molar-refractivity contribution in [3.63, 3.8) is 0 Å². The Bertz CT molecular complexity index is 763. The SMILES string of the molecule is CCSC1=NC(=Cc2ccc(-c3ccc(Cl)cc3)o2)C(=O)S1. The van der Waals surface area contributed by atoms with Crippen LogP contribution in [-0.4, -0.2) is 15.2 Å². The summed E-state index contributed by atoms with van der Waals surface area (Å²) in [6.07, 6.45) is 1.68. The van der Waals surface area contributed by atoms with Crippen LogP contribution in [0.15, 0.2) is 51.5 Å². The molecule has 0 spiro atoms. The van der Waals surface area contributed by atoms with Crippen LogP contribution in [0.2, 0.25) is 5.02 Å². The van der Waals surface area contributed by atoms with Crippen LogP contribution in [0.5, 0.6) is 0 Å². The molecule has 1 aliphatic rings. The van der Waals surface area contributed by atoms with Gasteiger partial charge in [0.25, 0.3) is 0 Å². The van der Waals surface area contributed by atoms with Gasteiger partial charge in [-0.05, 0) is 53.9 Å². The molecule has 3 nitrogen and oxygen atoms in total. The lowest BCUT2D eigenvalue weighted by Gasteiger charge is -1.96. The van der Waals surface area contributed by atoms with E-state index in [0.717, 1.165) is 21.5 Å². The first kappa shape index (κ1) is 15.5. The van der Waals surface area contributed by atoms with Gasteiger partial charge in [0.05, 0.1) is 0 Å². The Morgan fingerprint density at radius 1 is 1.27 bits per heavy atom. The third-order valence-corrected chi connectivity index (χ3v) is 5.05. The molecule has 0 saturated heterocycles. The van der Waals surface area contributed by atoms with Crippen molar-refractivity contribution in [2.75, 3.05) is 5.75 Å². The number of thioether (sulfide) groups is 2. The first-order chi connectivity index (χ1) is 10.7. The first-order valence-corrected chi connectivity index (χ1v) is 8.85. The number of rotatable bonds is 3. The first-order valence-electron chi connectivity index (χ1n) is 6.67. The van der Waals surface area contributed by atoms with Gasteiger partial charge in [-0.3, -0.25) is 4.79 Å². The van der Waals surface area contributed by atoms with E-state index in [-0.39, 0.29) is 5.12 Å². The molecule has 1 aliphatic heterocycles. The van der Waals surface area contributed by atoms with E-state index in [0.29, 0.717) is 16.5 Å². The summed E-state index contributed by atoms with van der Waals surface area (Å²) in [4.78, 5) is 16.2. The second kappa shape index (κ2) is 6.77. The lowest BCUT2D eigenvalue weighted by Crippen LogP contribution is -1.87. The molecule has 0 aliphatic carbocycles. The number of carbonyl (C=O) groups excluding carboxylic acids is 1. The summed E-state index contributed by atoms with van der Waals surface area (Å²) in [5.41, 5.74) is 1.37. The van der Waals surface area contributed by atoms with E-state index in [1.54, 1.807) is 17.8 Å². The quantitative estimate of drug-likeness (QED) is 0.703. The van der Waals surface area contributed by atoms with E-state index in [1.165, 1.54) is 11.8 Å². The Kier molecular flexibility index (Phi) is 4.76. The largest absolute Gasteiger partial charge is 0.457 e. The van der Waals surface area contributed by atoms with Gasteiger partial charge in [-0.25, -0.2) is 4.99 Å². The van der Waals surface area contributed by atoms with E-state index >= 15 is 0 Å². The van der Waals surface area contributed by atoms with Gasteiger partial charge in [-0.1, -0.05) is 30.3 Å². The predicted octanol–water partition coefficient (Wildman–Crippen LogP) is 5.32. The number of halogens is 1. The molecule has 0 saturated carbocycles. The van der Waals surface area contributed by atoms with Crippen molar-refractivity contribution in [2.45, 2.75) is 6.92 Å². The van der Waals surface area contributed by atoms with Crippen LogP contribution in [0, 0.1) is 0 Å². The normalized spacial score (nSPS) is 16.4. The average Bonchev–Trinajstić information content (AvgIpc) is 3.08. The van der Waals surface area contributed by atoms with Crippen LogP contribution in [0.3, 0.4) is 0 Å². The van der Waals surface area contributed by atoms with Gasteiger partial charge in [-0.2, -0.15) is 0 Å². The fraction of sp³-hybridized carbons (Fsp3) is 0.125. The zero-order valence-electron chi connectivity index (χ0n) is 11.7. The van der Waals surface area contributed by atoms with E-state index in [9.17, 15) is 4.79 Å². The smallest absolute Gasteiger partial charge is 0.244 e. The highest BCUT2D eigenvalue weighted by Crippen LogP contribution is 2.32. The molecule has 3 rings (SSSR count). The summed E-state index contributed by atoms with van der Waals surface area (Å²) in [7, 11) is 0. The van der Waals surface area contributed by atoms with Crippen molar-refractivity contribution in [3.8, 4) is 11.3 Å². The summed E-state index contributed by atoms with van der Waals surface area (Å²) < 4.78 is 6.55. The topological polar surface area (TPSA) is 42.6 Å². The van der Waals surface area contributed by atoms with Crippen LogP contribution >= 0.6 is 35.1 Å². The third kappa shape index (κ3) is 3.48. The molecule has 0 radical (unpaired) electrons. The minimum atomic E-state index is -0.0413. The Labute approximate surface area is 141 Å². The lowest BCUT2D eigenvalue weighted by molar-refractivity contribution is -0.107. The molecule has 6 heteroatoms. The Morgan fingerprint density at radius 2 is 2.05 bits per heavy atom. The minimum Gasteiger partial charge on any atom is -0.457 e. The van der Waals surface area contributed by atoms with Crippen LogP contribution in [-0.2, 0) is 4.79 Å². The zero-order chi connectivity index (χ0) is 15.5. The van der Waals surface area contributed by atoms with Crippen molar-refractivity contribution in [3.05, 3.63) is 52.9 Å². The molecule has 22 heavy (non-hydrogen) atoms. The fourth-order valence-electron chi connectivity index (χ4n) is 1.91. The van der Waals surface area contributed by atoms with Gasteiger partial charge in [0.2, 0.25) is 5.12 Å². The van der Waals surface area contributed by atoms with Gasteiger partial charge in [0.1, 0.15) is 21.6 Å². The van der Waals surface area contributed by atoms with Crippen molar-refractivity contribution < 1.29 is 9.21 Å². The number of aliphatic imine (C=N–C) groups is 1. The monoisotopic (exact) mass is 349 g/mol. The Hall–Kier alpha value is -1.43. The van der Waals surface area contributed by atoms with Crippen molar-refractivity contribution in [1.29, 1.82) is 0 Å². The van der Waals surface area contributed by atoms with E-state index < -0.39 is 0 Å². The maximum Gasteiger partial charge on any atom is 0.244 e. The van der Waals surface area contributed by atoms with Gasteiger partial charge in [0, 0.05) is 16.7 Å². The molecule has 0 N–H and O–H groups in total. The maximum atomic E-state index is 11.9. The molecule has 0 amide bonds. The Morgan fingerprint density at radius 3 is 2.77 bits per heavy atom. The molecule has 0 bridgehead atoms. The molecule has 0 atom stereocenters. The number of hydrogen-bond donors (Lipinski definition) is 0. The highest BCUT2D eigenvalue weighted by atomic mass is 35.5. The molecule has 2 aromatic rings. The number of benzene rings is 1. The molecular weight excluding hydrogens is 338 g/mol. The fourth-order valence-corrected chi connectivity index (χ4v) is 3.77. The van der Waals surface area contributed by atoms with Gasteiger partial charge in [-0.15, -0.1) is 0 Å². The second-order valence-electron chi connectivity index (χ2n) is 4.44. The number of carbonyl (C=O) groups is 1. The third-order valence-electron chi connectivity index (χ3n) is 2.90. The van der Waals surface area contributed by atoms with Crippen LogP contribution < -0.4 is 0 Å². The van der Waals surface area contributed by atoms with Crippen LogP contribution in [0.1, 0.15) is 12.7 Å². The second-order valence-corrected chi connectivity index (χ2v) is 7.35. The van der Waals surface area contributed by atoms with Gasteiger partial charge >= 0.3 is 0 Å². The molecular formula is C16H12ClNO2S2. The van der Waals surface area contributed by atoms with E-state index in [2.05, 4.69) is 4.99 Å². The summed E-state index contributed by atoms with van der Waals surface area (Å²) in [5, 5.41) is 0.641. The van der Waals surface area contributed by atoms with Crippen LogP contribution in [0.25, 0.3) is 17.4 Å². The average molecular weight is 350 g/mol. The van der Waals surface area contributed by atoms with Crippen LogP contribution in [0.4, 0.5) is 0 Å². The highest BCUT2D eigenvalue weighted by molar-refractivity contribution is 8.45. The standard InChI is InChI=1S/C16H12ClNO2S2/c1-2-21-16-18-13(15(19)22-16)9-12-7-8-14(20-12)10-3-5-11(17)6-4-10/h3-9H,2H2,1H3.